The summed E-state index contributed by atoms with van der Waals surface area (Å²) in [4.78, 5) is 11.5. The van der Waals surface area contributed by atoms with Gasteiger partial charge in [-0.25, -0.2) is 13.9 Å². The number of carboxylic acids is 1. The van der Waals surface area contributed by atoms with Gasteiger partial charge in [-0.2, -0.15) is 5.10 Å². The number of nitrogens with zero attached hydrogens (tertiary/aromatic N) is 2. The van der Waals surface area contributed by atoms with Gasteiger partial charge in [0.05, 0.1) is 6.20 Å². The molecule has 110 valence electrons. The van der Waals surface area contributed by atoms with E-state index in [-0.39, 0.29) is 17.1 Å². The quantitative estimate of drug-likeness (QED) is 0.800. The summed E-state index contributed by atoms with van der Waals surface area (Å²) < 4.78 is 20.4. The van der Waals surface area contributed by atoms with E-state index in [2.05, 4.69) is 5.10 Å². The average molecular weight is 298 g/mol. The van der Waals surface area contributed by atoms with Crippen LogP contribution in [0.25, 0.3) is 5.69 Å². The standard InChI is InChI=1S/C16H11FN2O3/c17-12-8-4-5-9-13(12)19-15(16(20)21)14(10-18-19)22-11-6-2-1-3-7-11/h1-10H,(H,20,21). The number of hydrogen-bond acceptors (Lipinski definition) is 3. The molecule has 0 unspecified atom stereocenters. The number of carboxylic acid groups (broad SMARTS) is 1. The summed E-state index contributed by atoms with van der Waals surface area (Å²) in [6, 6.07) is 14.5. The fourth-order valence-corrected chi connectivity index (χ4v) is 2.03. The number of aromatic carboxylic acids is 1. The van der Waals surface area contributed by atoms with Crippen LogP contribution in [-0.4, -0.2) is 20.9 Å². The molecule has 1 aromatic heterocycles. The van der Waals surface area contributed by atoms with Crippen LogP contribution in [0.4, 0.5) is 4.39 Å². The Morgan fingerprint density at radius 3 is 2.45 bits per heavy atom. The summed E-state index contributed by atoms with van der Waals surface area (Å²) >= 11 is 0. The van der Waals surface area contributed by atoms with Gasteiger partial charge in [0.2, 0.25) is 0 Å². The highest BCUT2D eigenvalue weighted by molar-refractivity contribution is 5.89. The molecule has 5 nitrogen and oxygen atoms in total. The van der Waals surface area contributed by atoms with Crippen LogP contribution in [0.5, 0.6) is 11.5 Å². The SMILES string of the molecule is O=C(O)c1c(Oc2ccccc2)cnn1-c1ccccc1F. The monoisotopic (exact) mass is 298 g/mol. The molecule has 0 fully saturated rings. The zero-order chi connectivity index (χ0) is 15.5. The molecular weight excluding hydrogens is 287 g/mol. The Bertz CT molecular complexity index is 815. The van der Waals surface area contributed by atoms with Gasteiger partial charge < -0.3 is 9.84 Å². The fraction of sp³-hybridized carbons (Fsp3) is 0. The maximum Gasteiger partial charge on any atom is 0.358 e. The Hall–Kier alpha value is -3.15. The molecule has 1 N–H and O–H groups in total. The predicted octanol–water partition coefficient (Wildman–Crippen LogP) is 3.50. The van der Waals surface area contributed by atoms with Crippen LogP contribution in [0.15, 0.2) is 60.8 Å². The molecule has 6 heteroatoms. The van der Waals surface area contributed by atoms with E-state index in [4.69, 9.17) is 4.74 Å². The lowest BCUT2D eigenvalue weighted by atomic mass is 10.3. The van der Waals surface area contributed by atoms with E-state index >= 15 is 0 Å². The summed E-state index contributed by atoms with van der Waals surface area (Å²) in [6.07, 6.45) is 1.25. The molecule has 0 saturated carbocycles. The van der Waals surface area contributed by atoms with Gasteiger partial charge in [0.25, 0.3) is 0 Å². The Kier molecular flexibility index (Phi) is 3.57. The molecule has 0 aliphatic heterocycles. The van der Waals surface area contributed by atoms with Crippen molar-refractivity contribution in [2.45, 2.75) is 0 Å². The lowest BCUT2D eigenvalue weighted by Crippen LogP contribution is -2.10. The molecule has 3 rings (SSSR count). The predicted molar refractivity (Wildman–Crippen MR) is 77.0 cm³/mol. The first-order chi connectivity index (χ1) is 10.7. The van der Waals surface area contributed by atoms with E-state index in [1.165, 1.54) is 24.4 Å². The van der Waals surface area contributed by atoms with Gasteiger partial charge in [0.15, 0.2) is 11.4 Å². The Morgan fingerprint density at radius 1 is 1.09 bits per heavy atom. The van der Waals surface area contributed by atoms with E-state index in [1.807, 2.05) is 6.07 Å². The van der Waals surface area contributed by atoms with E-state index in [0.29, 0.717) is 5.75 Å². The Balaban J connectivity index is 2.07. The number of hydrogen-bond donors (Lipinski definition) is 1. The molecule has 0 amide bonds. The number of benzene rings is 2. The van der Waals surface area contributed by atoms with Crippen LogP contribution in [0.2, 0.25) is 0 Å². The van der Waals surface area contributed by atoms with Crippen LogP contribution >= 0.6 is 0 Å². The molecule has 0 atom stereocenters. The van der Waals surface area contributed by atoms with Crippen molar-refractivity contribution in [3.8, 4) is 17.2 Å². The van der Waals surface area contributed by atoms with Crippen LogP contribution in [0.1, 0.15) is 10.5 Å². The smallest absolute Gasteiger partial charge is 0.358 e. The summed E-state index contributed by atoms with van der Waals surface area (Å²) in [5.74, 6) is -1.31. The third kappa shape index (κ3) is 2.54. The van der Waals surface area contributed by atoms with E-state index < -0.39 is 11.8 Å². The summed E-state index contributed by atoms with van der Waals surface area (Å²) in [6.45, 7) is 0. The largest absolute Gasteiger partial charge is 0.476 e. The summed E-state index contributed by atoms with van der Waals surface area (Å²) in [7, 11) is 0. The third-order valence-corrected chi connectivity index (χ3v) is 2.99. The number of para-hydroxylation sites is 2. The van der Waals surface area contributed by atoms with Crippen molar-refractivity contribution in [1.82, 2.24) is 9.78 Å². The van der Waals surface area contributed by atoms with Crippen molar-refractivity contribution in [3.05, 3.63) is 72.3 Å². The first-order valence-corrected chi connectivity index (χ1v) is 6.46. The molecule has 0 spiro atoms. The van der Waals surface area contributed by atoms with Gasteiger partial charge in [-0.15, -0.1) is 0 Å². The number of carbonyl (C=O) groups is 1. The molecule has 3 aromatic rings. The van der Waals surface area contributed by atoms with Crippen molar-refractivity contribution in [2.24, 2.45) is 0 Å². The van der Waals surface area contributed by atoms with Crippen molar-refractivity contribution in [1.29, 1.82) is 0 Å². The summed E-state index contributed by atoms with van der Waals surface area (Å²) in [5.41, 5.74) is -0.197. The van der Waals surface area contributed by atoms with Gasteiger partial charge in [0, 0.05) is 0 Å². The maximum absolute atomic E-state index is 13.9. The highest BCUT2D eigenvalue weighted by Crippen LogP contribution is 2.27. The van der Waals surface area contributed by atoms with Gasteiger partial charge in [0.1, 0.15) is 17.3 Å². The zero-order valence-electron chi connectivity index (χ0n) is 11.3. The molecule has 0 radical (unpaired) electrons. The minimum Gasteiger partial charge on any atom is -0.476 e. The Labute approximate surface area is 125 Å². The molecule has 1 heterocycles. The summed E-state index contributed by atoms with van der Waals surface area (Å²) in [5, 5.41) is 13.3. The van der Waals surface area contributed by atoms with E-state index in [9.17, 15) is 14.3 Å². The minimum atomic E-state index is -1.26. The number of halogens is 1. The van der Waals surface area contributed by atoms with Crippen LogP contribution in [0, 0.1) is 5.82 Å². The van der Waals surface area contributed by atoms with E-state index in [1.54, 1.807) is 30.3 Å². The lowest BCUT2D eigenvalue weighted by Gasteiger charge is -2.07. The highest BCUT2D eigenvalue weighted by atomic mass is 19.1. The molecule has 0 bridgehead atoms. The van der Waals surface area contributed by atoms with Gasteiger partial charge in [-0.05, 0) is 24.3 Å². The highest BCUT2D eigenvalue weighted by Gasteiger charge is 2.22. The topological polar surface area (TPSA) is 64.3 Å². The lowest BCUT2D eigenvalue weighted by molar-refractivity contribution is 0.0684. The molecule has 0 saturated heterocycles. The second-order valence-electron chi connectivity index (χ2n) is 4.44. The Morgan fingerprint density at radius 2 is 1.77 bits per heavy atom. The number of ether oxygens (including phenoxy) is 1. The van der Waals surface area contributed by atoms with Crippen LogP contribution in [0.3, 0.4) is 0 Å². The van der Waals surface area contributed by atoms with Gasteiger partial charge >= 0.3 is 5.97 Å². The van der Waals surface area contributed by atoms with Crippen LogP contribution < -0.4 is 4.74 Å². The molecular formula is C16H11FN2O3. The second kappa shape index (κ2) is 5.69. The second-order valence-corrected chi connectivity index (χ2v) is 4.44. The van der Waals surface area contributed by atoms with Crippen molar-refractivity contribution >= 4 is 5.97 Å². The van der Waals surface area contributed by atoms with Crippen molar-refractivity contribution < 1.29 is 19.0 Å². The van der Waals surface area contributed by atoms with Crippen LogP contribution in [-0.2, 0) is 0 Å². The number of aromatic nitrogens is 2. The van der Waals surface area contributed by atoms with Crippen molar-refractivity contribution in [3.63, 3.8) is 0 Å². The maximum atomic E-state index is 13.9. The van der Waals surface area contributed by atoms with Crippen molar-refractivity contribution in [2.75, 3.05) is 0 Å². The average Bonchev–Trinajstić information content (AvgIpc) is 2.92. The molecule has 0 aliphatic rings. The molecule has 22 heavy (non-hydrogen) atoms. The molecule has 0 aliphatic carbocycles. The van der Waals surface area contributed by atoms with Gasteiger partial charge in [-0.3, -0.25) is 0 Å². The zero-order valence-corrected chi connectivity index (χ0v) is 11.3. The normalized spacial score (nSPS) is 10.4. The first-order valence-electron chi connectivity index (χ1n) is 6.46. The molecule has 2 aromatic carbocycles. The fourth-order valence-electron chi connectivity index (χ4n) is 2.03. The number of rotatable bonds is 4. The third-order valence-electron chi connectivity index (χ3n) is 2.99. The van der Waals surface area contributed by atoms with E-state index in [0.717, 1.165) is 4.68 Å². The minimum absolute atomic E-state index is 0.0435. The first kappa shape index (κ1) is 13.8. The van der Waals surface area contributed by atoms with Gasteiger partial charge in [-0.1, -0.05) is 30.3 Å².